The van der Waals surface area contributed by atoms with E-state index in [1.54, 1.807) is 0 Å². The van der Waals surface area contributed by atoms with Gasteiger partial charge in [0.25, 0.3) is 0 Å². The fourth-order valence-electron chi connectivity index (χ4n) is 2.88. The Kier molecular flexibility index (Phi) is 5.86. The highest BCUT2D eigenvalue weighted by Crippen LogP contribution is 2.22. The van der Waals surface area contributed by atoms with Gasteiger partial charge in [-0.3, -0.25) is 0 Å². The van der Waals surface area contributed by atoms with Gasteiger partial charge in [0.2, 0.25) is 0 Å². The summed E-state index contributed by atoms with van der Waals surface area (Å²) in [4.78, 5) is 2.49. The van der Waals surface area contributed by atoms with E-state index in [1.807, 2.05) is 0 Å². The van der Waals surface area contributed by atoms with Crippen LogP contribution in [0.4, 0.5) is 0 Å². The number of hydrogen-bond acceptors (Lipinski definition) is 3. The molecule has 3 heteroatoms. The van der Waals surface area contributed by atoms with E-state index in [2.05, 4.69) is 36.9 Å². The predicted molar refractivity (Wildman–Crippen MR) is 82.3 cm³/mol. The molecule has 1 saturated heterocycles. The smallest absolute Gasteiger partial charge is 0.125 e. The largest absolute Gasteiger partial charge is 0.493 e. The summed E-state index contributed by atoms with van der Waals surface area (Å²) in [5, 5.41) is 9.13. The lowest BCUT2D eigenvalue weighted by Gasteiger charge is -2.30. The number of rotatable bonds is 6. The third-order valence-electron chi connectivity index (χ3n) is 4.24. The third kappa shape index (κ3) is 4.22. The minimum absolute atomic E-state index is 0.351. The van der Waals surface area contributed by atoms with Crippen molar-refractivity contribution in [3.8, 4) is 5.75 Å². The van der Waals surface area contributed by atoms with Crippen molar-refractivity contribution >= 4 is 0 Å². The van der Waals surface area contributed by atoms with Gasteiger partial charge in [0.1, 0.15) is 5.75 Å². The minimum Gasteiger partial charge on any atom is -0.493 e. The summed E-state index contributed by atoms with van der Waals surface area (Å²) in [6.07, 6.45) is 3.33. The number of piperidine rings is 1. The Bertz CT molecular complexity index is 391. The number of aliphatic hydroxyl groups is 1. The van der Waals surface area contributed by atoms with E-state index in [4.69, 9.17) is 9.84 Å². The highest BCUT2D eigenvalue weighted by molar-refractivity contribution is 5.39. The van der Waals surface area contributed by atoms with Crippen molar-refractivity contribution in [1.82, 2.24) is 4.90 Å². The van der Waals surface area contributed by atoms with Crippen LogP contribution in [0.25, 0.3) is 0 Å². The first-order valence-electron chi connectivity index (χ1n) is 7.73. The van der Waals surface area contributed by atoms with Crippen LogP contribution in [0.2, 0.25) is 0 Å². The second kappa shape index (κ2) is 7.65. The van der Waals surface area contributed by atoms with Crippen LogP contribution >= 0.6 is 0 Å². The summed E-state index contributed by atoms with van der Waals surface area (Å²) >= 11 is 0. The lowest BCUT2D eigenvalue weighted by Crippen LogP contribution is -2.35. The van der Waals surface area contributed by atoms with Gasteiger partial charge in [-0.1, -0.05) is 18.2 Å². The number of ether oxygens (including phenoxy) is 1. The van der Waals surface area contributed by atoms with Crippen molar-refractivity contribution in [2.24, 2.45) is 5.92 Å². The normalized spacial score (nSPS) is 17.4. The molecule has 0 bridgehead atoms. The second-order valence-corrected chi connectivity index (χ2v) is 5.89. The van der Waals surface area contributed by atoms with Gasteiger partial charge in [-0.25, -0.2) is 0 Å². The van der Waals surface area contributed by atoms with E-state index in [0.717, 1.165) is 51.3 Å². The zero-order valence-corrected chi connectivity index (χ0v) is 12.8. The summed E-state index contributed by atoms with van der Waals surface area (Å²) in [5.74, 6) is 1.57. The Morgan fingerprint density at radius 1 is 1.20 bits per heavy atom. The molecule has 2 rings (SSSR count). The topological polar surface area (TPSA) is 32.7 Å². The maximum absolute atomic E-state index is 9.13. The molecule has 1 heterocycles. The summed E-state index contributed by atoms with van der Waals surface area (Å²) in [7, 11) is 0. The lowest BCUT2D eigenvalue weighted by molar-refractivity contribution is 0.126. The number of likely N-dealkylation sites (tertiary alicyclic amines) is 1. The molecular formula is C17H27NO2. The zero-order chi connectivity index (χ0) is 14.4. The van der Waals surface area contributed by atoms with Gasteiger partial charge >= 0.3 is 0 Å². The van der Waals surface area contributed by atoms with E-state index in [0.29, 0.717) is 12.5 Å². The highest BCUT2D eigenvalue weighted by Gasteiger charge is 2.17. The molecule has 0 saturated carbocycles. The average Bonchev–Trinajstić information content (AvgIpc) is 2.46. The van der Waals surface area contributed by atoms with Gasteiger partial charge in [0.15, 0.2) is 0 Å². The first-order chi connectivity index (χ1) is 9.70. The quantitative estimate of drug-likeness (QED) is 0.812. The summed E-state index contributed by atoms with van der Waals surface area (Å²) in [6, 6.07) is 6.27. The fraction of sp³-hybridized carbons (Fsp3) is 0.647. The first-order valence-corrected chi connectivity index (χ1v) is 7.73. The van der Waals surface area contributed by atoms with Crippen molar-refractivity contribution in [2.75, 3.05) is 32.8 Å². The summed E-state index contributed by atoms with van der Waals surface area (Å²) in [6.45, 7) is 8.67. The van der Waals surface area contributed by atoms with Crippen LogP contribution in [0.15, 0.2) is 18.2 Å². The number of nitrogens with zero attached hydrogens (tertiary/aromatic N) is 1. The number of aryl methyl sites for hydroxylation is 2. The molecule has 0 aliphatic carbocycles. The van der Waals surface area contributed by atoms with Gasteiger partial charge in [0, 0.05) is 13.2 Å². The molecule has 1 aromatic carbocycles. The maximum atomic E-state index is 9.13. The van der Waals surface area contributed by atoms with E-state index in [1.165, 1.54) is 11.1 Å². The van der Waals surface area contributed by atoms with Crippen LogP contribution in [0.5, 0.6) is 5.75 Å². The highest BCUT2D eigenvalue weighted by atomic mass is 16.5. The molecule has 1 N–H and O–H groups in total. The monoisotopic (exact) mass is 277 g/mol. The lowest BCUT2D eigenvalue weighted by atomic mass is 9.98. The van der Waals surface area contributed by atoms with E-state index in [9.17, 15) is 0 Å². The van der Waals surface area contributed by atoms with Crippen molar-refractivity contribution in [1.29, 1.82) is 0 Å². The van der Waals surface area contributed by atoms with Crippen molar-refractivity contribution in [3.05, 3.63) is 29.3 Å². The molecule has 20 heavy (non-hydrogen) atoms. The van der Waals surface area contributed by atoms with Crippen molar-refractivity contribution < 1.29 is 9.84 Å². The Morgan fingerprint density at radius 3 is 2.45 bits per heavy atom. The predicted octanol–water partition coefficient (Wildman–Crippen LogP) is 2.78. The Balaban J connectivity index is 1.67. The molecule has 0 spiro atoms. The first kappa shape index (κ1) is 15.3. The van der Waals surface area contributed by atoms with Crippen LogP contribution in [-0.4, -0.2) is 42.9 Å². The van der Waals surface area contributed by atoms with Gasteiger partial charge < -0.3 is 14.7 Å². The second-order valence-electron chi connectivity index (χ2n) is 5.89. The summed E-state index contributed by atoms with van der Waals surface area (Å²) in [5.41, 5.74) is 2.43. The van der Waals surface area contributed by atoms with E-state index in [-0.39, 0.29) is 0 Å². The molecule has 1 fully saturated rings. The molecule has 1 aromatic rings. The number of benzene rings is 1. The molecule has 0 atom stereocenters. The van der Waals surface area contributed by atoms with Crippen molar-refractivity contribution in [2.45, 2.75) is 33.1 Å². The van der Waals surface area contributed by atoms with Crippen LogP contribution in [0, 0.1) is 19.8 Å². The maximum Gasteiger partial charge on any atom is 0.125 e. The number of hydrogen-bond donors (Lipinski definition) is 1. The molecule has 1 aliphatic heterocycles. The number of aliphatic hydroxyl groups excluding tert-OH is 1. The van der Waals surface area contributed by atoms with Crippen LogP contribution in [0.1, 0.15) is 30.4 Å². The molecule has 3 nitrogen and oxygen atoms in total. The van der Waals surface area contributed by atoms with Gasteiger partial charge in [-0.2, -0.15) is 0 Å². The van der Waals surface area contributed by atoms with Crippen LogP contribution in [0.3, 0.4) is 0 Å². The molecule has 1 aliphatic rings. The van der Waals surface area contributed by atoms with Gasteiger partial charge in [0.05, 0.1) is 6.61 Å². The minimum atomic E-state index is 0.351. The summed E-state index contributed by atoms with van der Waals surface area (Å²) < 4.78 is 5.93. The number of para-hydroxylation sites is 1. The van der Waals surface area contributed by atoms with E-state index >= 15 is 0 Å². The molecule has 0 radical (unpaired) electrons. The zero-order valence-electron chi connectivity index (χ0n) is 12.8. The van der Waals surface area contributed by atoms with Crippen LogP contribution < -0.4 is 4.74 Å². The van der Waals surface area contributed by atoms with Gasteiger partial charge in [-0.15, -0.1) is 0 Å². The Labute approximate surface area is 122 Å². The standard InChI is InChI=1S/C17H27NO2/c1-14-5-3-6-15(2)17(14)20-12-4-9-18-10-7-16(13-19)8-11-18/h3,5-6,16,19H,4,7-13H2,1-2H3. The van der Waals surface area contributed by atoms with Gasteiger partial charge in [-0.05, 0) is 63.2 Å². The molecule has 112 valence electrons. The fourth-order valence-corrected chi connectivity index (χ4v) is 2.88. The van der Waals surface area contributed by atoms with Crippen molar-refractivity contribution in [3.63, 3.8) is 0 Å². The van der Waals surface area contributed by atoms with Crippen LogP contribution in [-0.2, 0) is 0 Å². The third-order valence-corrected chi connectivity index (χ3v) is 4.24. The molecule has 0 aromatic heterocycles. The molecule has 0 amide bonds. The SMILES string of the molecule is Cc1cccc(C)c1OCCCN1CCC(CO)CC1. The van der Waals surface area contributed by atoms with E-state index < -0.39 is 0 Å². The Hall–Kier alpha value is -1.06. The Morgan fingerprint density at radius 2 is 1.85 bits per heavy atom. The average molecular weight is 277 g/mol. The molecular weight excluding hydrogens is 250 g/mol. The molecule has 0 unspecified atom stereocenters.